The average molecular weight is 363 g/mol. The van der Waals surface area contributed by atoms with Gasteiger partial charge in [0.15, 0.2) is 0 Å². The van der Waals surface area contributed by atoms with E-state index < -0.39 is 11.0 Å². The lowest BCUT2D eigenvalue weighted by molar-refractivity contribution is -0.149. The zero-order chi connectivity index (χ0) is 19.5. The fraction of sp³-hybridized carbons (Fsp3) is 0.579. The van der Waals surface area contributed by atoms with Crippen molar-refractivity contribution in [3.05, 3.63) is 23.8 Å². The SMILES string of the molecule is CNc1cc(C2(C(=O)OC)CCN(C(=O)OC(C)(C)C)CC2)ccc1N. The van der Waals surface area contributed by atoms with Crippen molar-refractivity contribution in [2.24, 2.45) is 0 Å². The number of piperidine rings is 1. The van der Waals surface area contributed by atoms with Crippen LogP contribution in [0, 0.1) is 0 Å². The van der Waals surface area contributed by atoms with Crippen molar-refractivity contribution in [2.75, 3.05) is 38.3 Å². The Morgan fingerprint density at radius 1 is 1.23 bits per heavy atom. The van der Waals surface area contributed by atoms with Gasteiger partial charge in [0, 0.05) is 20.1 Å². The van der Waals surface area contributed by atoms with Crippen molar-refractivity contribution in [1.82, 2.24) is 4.90 Å². The molecule has 1 aliphatic rings. The topological polar surface area (TPSA) is 93.9 Å². The van der Waals surface area contributed by atoms with Crippen LogP contribution < -0.4 is 11.1 Å². The second-order valence-corrected chi connectivity index (χ2v) is 7.59. The van der Waals surface area contributed by atoms with E-state index in [1.807, 2.05) is 32.9 Å². The number of anilines is 2. The molecule has 0 atom stereocenters. The highest BCUT2D eigenvalue weighted by molar-refractivity contribution is 5.85. The second kappa shape index (κ2) is 7.43. The summed E-state index contributed by atoms with van der Waals surface area (Å²) in [5.74, 6) is -0.298. The third-order valence-electron chi connectivity index (χ3n) is 4.72. The van der Waals surface area contributed by atoms with Crippen LogP contribution in [0.15, 0.2) is 18.2 Å². The van der Waals surface area contributed by atoms with Gasteiger partial charge >= 0.3 is 12.1 Å². The molecular weight excluding hydrogens is 334 g/mol. The summed E-state index contributed by atoms with van der Waals surface area (Å²) in [7, 11) is 3.17. The number of nitrogens with two attached hydrogens (primary N) is 1. The Hall–Kier alpha value is -2.44. The first-order valence-electron chi connectivity index (χ1n) is 8.77. The minimum Gasteiger partial charge on any atom is -0.468 e. The number of ether oxygens (including phenoxy) is 2. The monoisotopic (exact) mass is 363 g/mol. The maximum absolute atomic E-state index is 12.7. The predicted molar refractivity (Wildman–Crippen MR) is 101 cm³/mol. The molecule has 0 aliphatic carbocycles. The first-order chi connectivity index (χ1) is 12.1. The number of benzene rings is 1. The summed E-state index contributed by atoms with van der Waals surface area (Å²) in [6.07, 6.45) is 0.571. The Morgan fingerprint density at radius 3 is 2.35 bits per heavy atom. The quantitative estimate of drug-likeness (QED) is 0.633. The molecule has 0 spiro atoms. The summed E-state index contributed by atoms with van der Waals surface area (Å²) < 4.78 is 10.5. The van der Waals surface area contributed by atoms with Gasteiger partial charge in [-0.2, -0.15) is 0 Å². The lowest BCUT2D eigenvalue weighted by Gasteiger charge is -2.40. The lowest BCUT2D eigenvalue weighted by atomic mass is 9.72. The van der Waals surface area contributed by atoms with E-state index in [0.29, 0.717) is 31.6 Å². The Morgan fingerprint density at radius 2 is 1.85 bits per heavy atom. The van der Waals surface area contributed by atoms with Crippen molar-refractivity contribution in [1.29, 1.82) is 0 Å². The van der Waals surface area contributed by atoms with Gasteiger partial charge in [-0.15, -0.1) is 0 Å². The smallest absolute Gasteiger partial charge is 0.410 e. The molecular formula is C19H29N3O4. The molecule has 1 aromatic rings. The molecule has 1 amide bonds. The van der Waals surface area contributed by atoms with Crippen molar-refractivity contribution in [3.8, 4) is 0 Å². The lowest BCUT2D eigenvalue weighted by Crippen LogP contribution is -2.50. The summed E-state index contributed by atoms with van der Waals surface area (Å²) in [6, 6.07) is 5.53. The van der Waals surface area contributed by atoms with Gasteiger partial charge in [0.25, 0.3) is 0 Å². The molecule has 26 heavy (non-hydrogen) atoms. The van der Waals surface area contributed by atoms with E-state index in [4.69, 9.17) is 15.2 Å². The van der Waals surface area contributed by atoms with Crippen LogP contribution in [-0.2, 0) is 19.7 Å². The number of nitrogens with one attached hydrogen (secondary N) is 1. The van der Waals surface area contributed by atoms with Crippen LogP contribution in [-0.4, -0.2) is 49.8 Å². The summed E-state index contributed by atoms with van der Waals surface area (Å²) in [5, 5.41) is 3.04. The highest BCUT2D eigenvalue weighted by atomic mass is 16.6. The van der Waals surface area contributed by atoms with Gasteiger partial charge in [0.2, 0.25) is 0 Å². The minimum atomic E-state index is -0.799. The van der Waals surface area contributed by atoms with Crippen molar-refractivity contribution < 1.29 is 19.1 Å². The summed E-state index contributed by atoms with van der Waals surface area (Å²) in [5.41, 5.74) is 6.82. The predicted octanol–water partition coefficient (Wildman–Crippen LogP) is 2.75. The molecule has 1 heterocycles. The van der Waals surface area contributed by atoms with Crippen molar-refractivity contribution in [3.63, 3.8) is 0 Å². The van der Waals surface area contributed by atoms with E-state index in [0.717, 1.165) is 11.3 Å². The molecule has 2 rings (SSSR count). The van der Waals surface area contributed by atoms with Crippen molar-refractivity contribution in [2.45, 2.75) is 44.6 Å². The number of nitrogen functional groups attached to an aromatic ring is 1. The Labute approximate surface area is 154 Å². The first-order valence-corrected chi connectivity index (χ1v) is 8.77. The van der Waals surface area contributed by atoms with E-state index in [1.165, 1.54) is 7.11 Å². The average Bonchev–Trinajstić information content (AvgIpc) is 2.60. The minimum absolute atomic E-state index is 0.298. The number of likely N-dealkylation sites (tertiary alicyclic amines) is 1. The molecule has 3 N–H and O–H groups in total. The molecule has 0 unspecified atom stereocenters. The summed E-state index contributed by atoms with van der Waals surface area (Å²) >= 11 is 0. The normalized spacial score (nSPS) is 16.7. The van der Waals surface area contributed by atoms with E-state index in [1.54, 1.807) is 18.0 Å². The second-order valence-electron chi connectivity index (χ2n) is 7.59. The molecule has 1 fully saturated rings. The molecule has 0 bridgehead atoms. The van der Waals surface area contributed by atoms with Gasteiger partial charge in [-0.3, -0.25) is 4.79 Å². The summed E-state index contributed by atoms with van der Waals surface area (Å²) in [4.78, 5) is 26.6. The highest BCUT2D eigenvalue weighted by Gasteiger charge is 2.45. The van der Waals surface area contributed by atoms with Crippen molar-refractivity contribution >= 4 is 23.4 Å². The van der Waals surface area contributed by atoms with E-state index in [-0.39, 0.29) is 12.1 Å². The number of esters is 1. The standard InChI is InChI=1S/C19H29N3O4/c1-18(2,3)26-17(24)22-10-8-19(9-11-22,16(23)25-5)13-6-7-14(20)15(12-13)21-4/h6-7,12,21H,8-11,20H2,1-5H3. The van der Waals surface area contributed by atoms with E-state index >= 15 is 0 Å². The summed E-state index contributed by atoms with van der Waals surface area (Å²) in [6.45, 7) is 6.34. The molecule has 7 heteroatoms. The van der Waals surface area contributed by atoms with Crippen LogP contribution in [0.1, 0.15) is 39.2 Å². The van der Waals surface area contributed by atoms with Gasteiger partial charge in [0.1, 0.15) is 5.60 Å². The molecule has 0 saturated carbocycles. The van der Waals surface area contributed by atoms with Crippen LogP contribution in [0.4, 0.5) is 16.2 Å². The van der Waals surface area contributed by atoms with Crippen LogP contribution in [0.3, 0.4) is 0 Å². The molecule has 7 nitrogen and oxygen atoms in total. The number of carbonyl (C=O) groups excluding carboxylic acids is 2. The van der Waals surface area contributed by atoms with E-state index in [9.17, 15) is 9.59 Å². The molecule has 0 aromatic heterocycles. The number of amides is 1. The number of hydrogen-bond donors (Lipinski definition) is 2. The zero-order valence-corrected chi connectivity index (χ0v) is 16.2. The number of rotatable bonds is 3. The zero-order valence-electron chi connectivity index (χ0n) is 16.2. The number of methoxy groups -OCH3 is 1. The van der Waals surface area contributed by atoms with E-state index in [2.05, 4.69) is 5.32 Å². The number of hydrogen-bond acceptors (Lipinski definition) is 6. The largest absolute Gasteiger partial charge is 0.468 e. The molecule has 0 radical (unpaired) electrons. The maximum atomic E-state index is 12.7. The first kappa shape index (κ1) is 19.9. The fourth-order valence-electron chi connectivity index (χ4n) is 3.27. The van der Waals surface area contributed by atoms with Crippen LogP contribution in [0.2, 0.25) is 0 Å². The van der Waals surface area contributed by atoms with Crippen LogP contribution in [0.5, 0.6) is 0 Å². The third-order valence-corrected chi connectivity index (χ3v) is 4.72. The third kappa shape index (κ3) is 4.03. The number of carbonyl (C=O) groups is 2. The Balaban J connectivity index is 2.26. The molecule has 1 aromatic carbocycles. The van der Waals surface area contributed by atoms with Gasteiger partial charge in [-0.1, -0.05) is 6.07 Å². The van der Waals surface area contributed by atoms with Gasteiger partial charge in [-0.05, 0) is 51.3 Å². The van der Waals surface area contributed by atoms with Crippen LogP contribution in [0.25, 0.3) is 0 Å². The Bertz CT molecular complexity index is 674. The van der Waals surface area contributed by atoms with Gasteiger partial charge in [0.05, 0.1) is 23.9 Å². The molecule has 1 aliphatic heterocycles. The molecule has 1 saturated heterocycles. The maximum Gasteiger partial charge on any atom is 0.410 e. The fourth-order valence-corrected chi connectivity index (χ4v) is 3.27. The molecule has 144 valence electrons. The highest BCUT2D eigenvalue weighted by Crippen LogP contribution is 2.39. The van der Waals surface area contributed by atoms with Gasteiger partial charge in [-0.25, -0.2) is 4.79 Å². The van der Waals surface area contributed by atoms with Gasteiger partial charge < -0.3 is 25.4 Å². The number of nitrogens with zero attached hydrogens (tertiary/aromatic N) is 1. The van der Waals surface area contributed by atoms with Crippen LogP contribution >= 0.6 is 0 Å². The Kier molecular flexibility index (Phi) is 5.68.